The van der Waals surface area contributed by atoms with Gasteiger partial charge in [-0.2, -0.15) is 18.4 Å². The Balaban J connectivity index is 2.09. The lowest BCUT2D eigenvalue weighted by molar-refractivity contribution is -0.179. The molecule has 0 spiro atoms. The van der Waals surface area contributed by atoms with Crippen LogP contribution in [0.2, 0.25) is 0 Å². The molecule has 5 nitrogen and oxygen atoms in total. The maximum absolute atomic E-state index is 13.7. The number of halogens is 4. The highest BCUT2D eigenvalue weighted by Gasteiger charge is 2.61. The number of nitriles is 1. The topological polar surface area (TPSA) is 65.4 Å². The van der Waals surface area contributed by atoms with Crippen molar-refractivity contribution in [1.29, 1.82) is 5.26 Å². The van der Waals surface area contributed by atoms with Crippen molar-refractivity contribution < 1.29 is 22.7 Å². The maximum atomic E-state index is 13.7. The third-order valence-corrected chi connectivity index (χ3v) is 4.78. The Morgan fingerprint density at radius 2 is 1.93 bits per heavy atom. The zero-order valence-electron chi connectivity index (χ0n) is 14.0. The third kappa shape index (κ3) is 3.21. The van der Waals surface area contributed by atoms with Crippen LogP contribution in [0.15, 0.2) is 46.9 Å². The maximum Gasteiger partial charge on any atom is 0.429 e. The molecule has 1 atom stereocenters. The van der Waals surface area contributed by atoms with E-state index in [1.165, 1.54) is 36.3 Å². The number of fused-ring (bicyclic) bond motifs is 1. The average molecular weight is 440 g/mol. The molecule has 0 aliphatic carbocycles. The van der Waals surface area contributed by atoms with E-state index in [2.05, 4.69) is 15.9 Å². The van der Waals surface area contributed by atoms with Gasteiger partial charge in [-0.15, -0.1) is 0 Å². The summed E-state index contributed by atoms with van der Waals surface area (Å²) in [6.45, 7) is 0.0316. The number of carbonyl (C=O) groups excluding carboxylic acids is 1. The quantitative estimate of drug-likeness (QED) is 0.766. The van der Waals surface area contributed by atoms with Crippen molar-refractivity contribution in [3.63, 3.8) is 0 Å². The molecule has 2 aromatic rings. The Morgan fingerprint density at radius 3 is 2.48 bits per heavy atom. The van der Waals surface area contributed by atoms with Crippen molar-refractivity contribution in [2.75, 3.05) is 12.0 Å². The van der Waals surface area contributed by atoms with Crippen molar-refractivity contribution in [2.45, 2.75) is 18.3 Å². The van der Waals surface area contributed by atoms with Crippen LogP contribution in [0.3, 0.4) is 0 Å². The first-order chi connectivity index (χ1) is 12.7. The van der Waals surface area contributed by atoms with E-state index in [1.54, 1.807) is 24.3 Å². The Kier molecular flexibility index (Phi) is 4.78. The van der Waals surface area contributed by atoms with Gasteiger partial charge in [-0.25, -0.2) is 4.79 Å². The van der Waals surface area contributed by atoms with Crippen molar-refractivity contribution in [2.24, 2.45) is 0 Å². The predicted octanol–water partition coefficient (Wildman–Crippen LogP) is 4.47. The Morgan fingerprint density at radius 1 is 1.26 bits per heavy atom. The summed E-state index contributed by atoms with van der Waals surface area (Å²) in [6.07, 6.45) is -4.99. The standard InChI is InChI=1S/C18H13BrF3N3O2/c1-27-13-5-2-11(3-6-13)9-25-15-7-4-12(19)8-14(15)17(10-23,18(20,21)22)24-16(25)26/h2-8H,9H2,1H3,(H,24,26)/t17-/m0/s1. The van der Waals surface area contributed by atoms with Crippen molar-refractivity contribution in [3.8, 4) is 11.8 Å². The lowest BCUT2D eigenvalue weighted by atomic mass is 9.87. The van der Waals surface area contributed by atoms with E-state index in [0.717, 1.165) is 0 Å². The second-order valence-electron chi connectivity index (χ2n) is 5.89. The van der Waals surface area contributed by atoms with Gasteiger partial charge < -0.3 is 10.1 Å². The Bertz CT molecular complexity index is 925. The molecular formula is C18H13BrF3N3O2. The van der Waals surface area contributed by atoms with Gasteiger partial charge in [-0.1, -0.05) is 28.1 Å². The summed E-state index contributed by atoms with van der Waals surface area (Å²) in [4.78, 5) is 13.7. The number of urea groups is 1. The number of nitrogens with one attached hydrogen (secondary N) is 1. The first-order valence-corrected chi connectivity index (χ1v) is 8.52. The molecular weight excluding hydrogens is 427 g/mol. The molecule has 0 saturated heterocycles. The van der Waals surface area contributed by atoms with E-state index >= 15 is 0 Å². The van der Waals surface area contributed by atoms with Gasteiger partial charge in [0.2, 0.25) is 0 Å². The summed E-state index contributed by atoms with van der Waals surface area (Å²) < 4.78 is 46.6. The van der Waals surface area contributed by atoms with E-state index in [0.29, 0.717) is 15.8 Å². The minimum absolute atomic E-state index is 0.0247. The van der Waals surface area contributed by atoms with Crippen LogP contribution < -0.4 is 15.0 Å². The van der Waals surface area contributed by atoms with Gasteiger partial charge in [0.15, 0.2) is 0 Å². The molecule has 27 heavy (non-hydrogen) atoms. The number of rotatable bonds is 3. The molecule has 1 heterocycles. The van der Waals surface area contributed by atoms with Crippen molar-refractivity contribution >= 4 is 27.6 Å². The van der Waals surface area contributed by atoms with Gasteiger partial charge in [0.1, 0.15) is 11.8 Å². The fraction of sp³-hybridized carbons (Fsp3) is 0.222. The molecule has 1 N–H and O–H groups in total. The van der Waals surface area contributed by atoms with Crippen LogP contribution in [0.1, 0.15) is 11.1 Å². The first kappa shape index (κ1) is 19.0. The summed E-state index contributed by atoms with van der Waals surface area (Å²) in [5.74, 6) is 0.617. The minimum atomic E-state index is -4.99. The van der Waals surface area contributed by atoms with E-state index in [9.17, 15) is 23.2 Å². The number of hydrogen-bond acceptors (Lipinski definition) is 3. The number of nitrogens with zero attached hydrogens (tertiary/aromatic N) is 2. The van der Waals surface area contributed by atoms with Crippen LogP contribution >= 0.6 is 15.9 Å². The summed E-state index contributed by atoms with van der Waals surface area (Å²) in [5, 5.41) is 11.2. The number of benzene rings is 2. The summed E-state index contributed by atoms with van der Waals surface area (Å²) in [5.41, 5.74) is -2.73. The van der Waals surface area contributed by atoms with Gasteiger partial charge in [0, 0.05) is 10.0 Å². The molecule has 9 heteroatoms. The number of ether oxygens (including phenoxy) is 1. The molecule has 3 rings (SSSR count). The van der Waals surface area contributed by atoms with Gasteiger partial charge in [-0.3, -0.25) is 4.90 Å². The second-order valence-corrected chi connectivity index (χ2v) is 6.80. The minimum Gasteiger partial charge on any atom is -0.497 e. The molecule has 2 amide bonds. The zero-order valence-corrected chi connectivity index (χ0v) is 15.6. The molecule has 0 bridgehead atoms. The number of methoxy groups -OCH3 is 1. The molecule has 0 radical (unpaired) electrons. The van der Waals surface area contributed by atoms with Gasteiger partial charge >= 0.3 is 12.2 Å². The van der Waals surface area contributed by atoms with Gasteiger partial charge in [0.05, 0.1) is 19.3 Å². The molecule has 0 saturated carbocycles. The smallest absolute Gasteiger partial charge is 0.429 e. The van der Waals surface area contributed by atoms with E-state index in [4.69, 9.17) is 4.74 Å². The number of alkyl halides is 3. The monoisotopic (exact) mass is 439 g/mol. The number of anilines is 1. The zero-order chi connectivity index (χ0) is 19.8. The highest BCUT2D eigenvalue weighted by Crippen LogP contribution is 2.46. The lowest BCUT2D eigenvalue weighted by Gasteiger charge is -2.40. The molecule has 0 aromatic heterocycles. The summed E-state index contributed by atoms with van der Waals surface area (Å²) >= 11 is 3.13. The predicted molar refractivity (Wildman–Crippen MR) is 95.2 cm³/mol. The second kappa shape index (κ2) is 6.78. The number of amides is 2. The molecule has 1 aliphatic rings. The molecule has 0 fully saturated rings. The fourth-order valence-corrected chi connectivity index (χ4v) is 3.26. The van der Waals surface area contributed by atoms with E-state index < -0.39 is 17.7 Å². The molecule has 2 aromatic carbocycles. The van der Waals surface area contributed by atoms with Crippen LogP contribution in [0.4, 0.5) is 23.7 Å². The average Bonchev–Trinajstić information content (AvgIpc) is 2.63. The summed E-state index contributed by atoms with van der Waals surface area (Å²) in [6, 6.07) is 11.2. The van der Waals surface area contributed by atoms with Crippen LogP contribution in [0, 0.1) is 11.3 Å². The highest BCUT2D eigenvalue weighted by atomic mass is 79.9. The summed E-state index contributed by atoms with van der Waals surface area (Å²) in [7, 11) is 1.51. The number of hydrogen-bond donors (Lipinski definition) is 1. The van der Waals surface area contributed by atoms with Crippen LogP contribution in [0.25, 0.3) is 0 Å². The fourth-order valence-electron chi connectivity index (χ4n) is 2.89. The van der Waals surface area contributed by atoms with Gasteiger partial charge in [0.25, 0.3) is 5.54 Å². The van der Waals surface area contributed by atoms with Crippen LogP contribution in [0.5, 0.6) is 5.75 Å². The van der Waals surface area contributed by atoms with E-state index in [-0.39, 0.29) is 17.8 Å². The normalized spacial score (nSPS) is 19.1. The largest absolute Gasteiger partial charge is 0.497 e. The Hall–Kier alpha value is -2.73. The van der Waals surface area contributed by atoms with Crippen molar-refractivity contribution in [3.05, 3.63) is 58.1 Å². The SMILES string of the molecule is COc1ccc(CN2C(=O)N[C@](C#N)(C(F)(F)F)c3cc(Br)ccc32)cc1. The van der Waals surface area contributed by atoms with Gasteiger partial charge in [-0.05, 0) is 35.9 Å². The van der Waals surface area contributed by atoms with Crippen LogP contribution in [-0.2, 0) is 12.1 Å². The molecule has 0 unspecified atom stereocenters. The van der Waals surface area contributed by atoms with Crippen molar-refractivity contribution in [1.82, 2.24) is 5.32 Å². The molecule has 140 valence electrons. The highest BCUT2D eigenvalue weighted by molar-refractivity contribution is 9.10. The van der Waals surface area contributed by atoms with Crippen LogP contribution in [-0.4, -0.2) is 19.3 Å². The third-order valence-electron chi connectivity index (χ3n) is 4.29. The number of carbonyl (C=O) groups is 1. The first-order valence-electron chi connectivity index (χ1n) is 7.72. The van der Waals surface area contributed by atoms with E-state index in [1.807, 2.05) is 5.32 Å². The lowest BCUT2D eigenvalue weighted by Crippen LogP contribution is -2.62. The molecule has 1 aliphatic heterocycles. The Labute approximate surface area is 161 Å².